The molecule has 0 aliphatic rings. The number of anilines is 1. The monoisotopic (exact) mass is 213 g/mol. The van der Waals surface area contributed by atoms with E-state index in [4.69, 9.17) is 5.73 Å². The number of aldehydes is 1. The molecular formula is C13H11NO2. The lowest BCUT2D eigenvalue weighted by Gasteiger charge is -2.04. The molecule has 2 aromatic rings. The van der Waals surface area contributed by atoms with E-state index < -0.39 is 0 Å². The zero-order valence-corrected chi connectivity index (χ0v) is 8.55. The van der Waals surface area contributed by atoms with Gasteiger partial charge in [-0.05, 0) is 35.4 Å². The molecule has 0 radical (unpaired) electrons. The highest BCUT2D eigenvalue weighted by atomic mass is 16.3. The van der Waals surface area contributed by atoms with Crippen molar-refractivity contribution >= 4 is 12.0 Å². The highest BCUT2D eigenvalue weighted by molar-refractivity contribution is 5.81. The van der Waals surface area contributed by atoms with Crippen molar-refractivity contribution in [3.63, 3.8) is 0 Å². The minimum atomic E-state index is -0.0186. The highest BCUT2D eigenvalue weighted by Gasteiger charge is 2.03. The first-order valence-corrected chi connectivity index (χ1v) is 4.85. The van der Waals surface area contributed by atoms with Crippen molar-refractivity contribution in [1.29, 1.82) is 0 Å². The van der Waals surface area contributed by atoms with E-state index in [1.807, 2.05) is 18.2 Å². The number of phenolic OH excluding ortho intramolecular Hbond substituents is 1. The number of nitrogen functional groups attached to an aromatic ring is 1. The van der Waals surface area contributed by atoms with Gasteiger partial charge in [0, 0.05) is 5.69 Å². The number of hydrogen-bond acceptors (Lipinski definition) is 3. The number of phenols is 1. The van der Waals surface area contributed by atoms with Gasteiger partial charge in [0.2, 0.25) is 0 Å². The van der Waals surface area contributed by atoms with Gasteiger partial charge in [-0.25, -0.2) is 0 Å². The summed E-state index contributed by atoms with van der Waals surface area (Å²) in [6, 6.07) is 12.3. The third-order valence-electron chi connectivity index (χ3n) is 2.38. The Morgan fingerprint density at radius 1 is 1.06 bits per heavy atom. The minimum Gasteiger partial charge on any atom is -0.507 e. The van der Waals surface area contributed by atoms with E-state index in [1.54, 1.807) is 24.3 Å². The molecule has 16 heavy (non-hydrogen) atoms. The molecule has 2 aromatic carbocycles. The Bertz CT molecular complexity index is 535. The maximum atomic E-state index is 10.5. The van der Waals surface area contributed by atoms with Crippen LogP contribution in [0.3, 0.4) is 0 Å². The van der Waals surface area contributed by atoms with Crippen LogP contribution >= 0.6 is 0 Å². The van der Waals surface area contributed by atoms with Crippen LogP contribution in [0, 0.1) is 0 Å². The number of carbonyl (C=O) groups is 1. The molecule has 0 saturated heterocycles. The third-order valence-corrected chi connectivity index (χ3v) is 2.38. The largest absolute Gasteiger partial charge is 0.507 e. The van der Waals surface area contributed by atoms with Gasteiger partial charge in [0.25, 0.3) is 0 Å². The summed E-state index contributed by atoms with van der Waals surface area (Å²) in [6.07, 6.45) is 0.623. The van der Waals surface area contributed by atoms with Gasteiger partial charge >= 0.3 is 0 Å². The summed E-state index contributed by atoms with van der Waals surface area (Å²) < 4.78 is 0. The number of rotatable bonds is 2. The number of carbonyl (C=O) groups excluding carboxylic acids is 1. The molecule has 0 atom stereocenters. The summed E-state index contributed by atoms with van der Waals surface area (Å²) in [6.45, 7) is 0. The van der Waals surface area contributed by atoms with Crippen LogP contribution in [0.1, 0.15) is 10.4 Å². The molecule has 0 aliphatic heterocycles. The molecule has 3 N–H and O–H groups in total. The van der Waals surface area contributed by atoms with E-state index in [9.17, 15) is 9.90 Å². The lowest BCUT2D eigenvalue weighted by molar-refractivity contribution is 0.112. The first kappa shape index (κ1) is 10.2. The second kappa shape index (κ2) is 4.06. The number of benzene rings is 2. The Morgan fingerprint density at radius 2 is 1.81 bits per heavy atom. The summed E-state index contributed by atoms with van der Waals surface area (Å²) in [5, 5.41) is 9.56. The lowest BCUT2D eigenvalue weighted by atomic mass is 10.0. The van der Waals surface area contributed by atoms with Crippen molar-refractivity contribution in [2.24, 2.45) is 0 Å². The molecular weight excluding hydrogens is 202 g/mol. The van der Waals surface area contributed by atoms with Crippen molar-refractivity contribution < 1.29 is 9.90 Å². The fraction of sp³-hybridized carbons (Fsp3) is 0. The van der Waals surface area contributed by atoms with Crippen LogP contribution in [0.4, 0.5) is 5.69 Å². The third kappa shape index (κ3) is 1.88. The van der Waals surface area contributed by atoms with E-state index in [0.717, 1.165) is 11.1 Å². The van der Waals surface area contributed by atoms with Crippen molar-refractivity contribution in [1.82, 2.24) is 0 Å². The smallest absolute Gasteiger partial charge is 0.153 e. The summed E-state index contributed by atoms with van der Waals surface area (Å²) in [4.78, 5) is 10.5. The van der Waals surface area contributed by atoms with E-state index in [-0.39, 0.29) is 11.3 Å². The molecule has 0 fully saturated rings. The molecule has 0 saturated carbocycles. The predicted octanol–water partition coefficient (Wildman–Crippen LogP) is 2.45. The molecule has 3 nitrogen and oxygen atoms in total. The van der Waals surface area contributed by atoms with Gasteiger partial charge in [-0.15, -0.1) is 0 Å². The molecule has 3 heteroatoms. The van der Waals surface area contributed by atoms with Crippen LogP contribution in [0.5, 0.6) is 5.75 Å². The van der Waals surface area contributed by atoms with Crippen LogP contribution in [0.25, 0.3) is 11.1 Å². The Balaban J connectivity index is 2.49. The molecule has 0 spiro atoms. The van der Waals surface area contributed by atoms with Gasteiger partial charge in [-0.1, -0.05) is 18.2 Å². The normalized spacial score (nSPS) is 10.0. The van der Waals surface area contributed by atoms with Crippen LogP contribution < -0.4 is 5.73 Å². The van der Waals surface area contributed by atoms with Crippen LogP contribution in [0.15, 0.2) is 42.5 Å². The molecule has 0 amide bonds. The Labute approximate surface area is 93.1 Å². The second-order valence-corrected chi connectivity index (χ2v) is 3.52. The Morgan fingerprint density at radius 3 is 2.44 bits per heavy atom. The van der Waals surface area contributed by atoms with E-state index in [1.165, 1.54) is 0 Å². The van der Waals surface area contributed by atoms with Gasteiger partial charge in [0.15, 0.2) is 6.29 Å². The van der Waals surface area contributed by atoms with Crippen molar-refractivity contribution in [2.45, 2.75) is 0 Å². The number of aromatic hydroxyl groups is 1. The maximum absolute atomic E-state index is 10.5. The Hall–Kier alpha value is -2.29. The van der Waals surface area contributed by atoms with Crippen molar-refractivity contribution in [2.75, 3.05) is 5.73 Å². The minimum absolute atomic E-state index is 0.0186. The van der Waals surface area contributed by atoms with E-state index in [0.29, 0.717) is 12.0 Å². The summed E-state index contributed by atoms with van der Waals surface area (Å²) in [5.41, 5.74) is 8.36. The van der Waals surface area contributed by atoms with Crippen LogP contribution in [-0.2, 0) is 0 Å². The molecule has 0 aliphatic carbocycles. The fourth-order valence-corrected chi connectivity index (χ4v) is 1.54. The standard InChI is InChI=1S/C13H11NO2/c14-12-3-1-2-9(6-12)10-4-5-11(8-15)13(16)7-10/h1-8,16H,14H2. The molecule has 0 unspecified atom stereocenters. The summed E-state index contributed by atoms with van der Waals surface area (Å²) in [5.74, 6) is -0.0186. The predicted molar refractivity (Wildman–Crippen MR) is 63.3 cm³/mol. The summed E-state index contributed by atoms with van der Waals surface area (Å²) >= 11 is 0. The molecule has 0 heterocycles. The first-order valence-electron chi connectivity index (χ1n) is 4.85. The summed E-state index contributed by atoms with van der Waals surface area (Å²) in [7, 11) is 0. The molecule has 0 aromatic heterocycles. The molecule has 2 rings (SSSR count). The van der Waals surface area contributed by atoms with Gasteiger partial charge in [0.05, 0.1) is 5.56 Å². The quantitative estimate of drug-likeness (QED) is 0.595. The van der Waals surface area contributed by atoms with Gasteiger partial charge in [-0.2, -0.15) is 0 Å². The zero-order chi connectivity index (χ0) is 11.5. The topological polar surface area (TPSA) is 63.3 Å². The van der Waals surface area contributed by atoms with Crippen LogP contribution in [0.2, 0.25) is 0 Å². The average molecular weight is 213 g/mol. The first-order chi connectivity index (χ1) is 7.70. The maximum Gasteiger partial charge on any atom is 0.153 e. The van der Waals surface area contributed by atoms with Crippen LogP contribution in [-0.4, -0.2) is 11.4 Å². The zero-order valence-electron chi connectivity index (χ0n) is 8.55. The van der Waals surface area contributed by atoms with E-state index >= 15 is 0 Å². The highest BCUT2D eigenvalue weighted by Crippen LogP contribution is 2.26. The second-order valence-electron chi connectivity index (χ2n) is 3.52. The van der Waals surface area contributed by atoms with Gasteiger partial charge in [0.1, 0.15) is 5.75 Å². The SMILES string of the molecule is Nc1cccc(-c2ccc(C=O)c(O)c2)c1. The van der Waals surface area contributed by atoms with Crippen molar-refractivity contribution in [3.8, 4) is 16.9 Å². The van der Waals surface area contributed by atoms with E-state index in [2.05, 4.69) is 0 Å². The van der Waals surface area contributed by atoms with Gasteiger partial charge < -0.3 is 10.8 Å². The molecule has 0 bridgehead atoms. The van der Waals surface area contributed by atoms with Gasteiger partial charge in [-0.3, -0.25) is 4.79 Å². The fourth-order valence-electron chi connectivity index (χ4n) is 1.54. The Kier molecular flexibility index (Phi) is 2.60. The number of hydrogen-bond donors (Lipinski definition) is 2. The van der Waals surface area contributed by atoms with Crippen molar-refractivity contribution in [3.05, 3.63) is 48.0 Å². The number of nitrogens with two attached hydrogens (primary N) is 1. The lowest BCUT2D eigenvalue weighted by Crippen LogP contribution is -1.86. The average Bonchev–Trinajstić information content (AvgIpc) is 2.29. The molecule has 80 valence electrons.